The van der Waals surface area contributed by atoms with Gasteiger partial charge in [0.2, 0.25) is 5.91 Å². The Morgan fingerprint density at radius 2 is 1.76 bits per heavy atom. The van der Waals surface area contributed by atoms with Crippen LogP contribution in [0.5, 0.6) is 0 Å². The van der Waals surface area contributed by atoms with Crippen LogP contribution in [0.15, 0.2) is 36.4 Å². The zero-order valence-electron chi connectivity index (χ0n) is 19.6. The summed E-state index contributed by atoms with van der Waals surface area (Å²) in [6, 6.07) is 7.78. The van der Waals surface area contributed by atoms with Crippen molar-refractivity contribution >= 4 is 17.5 Å². The number of benzene rings is 2. The average Bonchev–Trinajstić information content (AvgIpc) is 2.71. The molecule has 0 aliphatic rings. The molecule has 2 amide bonds. The Bertz CT molecular complexity index is 1030. The van der Waals surface area contributed by atoms with Crippen LogP contribution in [0.3, 0.4) is 0 Å². The third-order valence-electron chi connectivity index (χ3n) is 5.38. The minimum atomic E-state index is -4.63. The number of anilines is 1. The number of carbonyl (C=O) groups is 2. The minimum absolute atomic E-state index is 0.143. The van der Waals surface area contributed by atoms with Gasteiger partial charge in [-0.05, 0) is 57.0 Å². The maximum Gasteiger partial charge on any atom is 0.416 e. The van der Waals surface area contributed by atoms with E-state index >= 15 is 0 Å². The smallest absolute Gasteiger partial charge is 0.398 e. The second-order valence-corrected chi connectivity index (χ2v) is 8.82. The maximum atomic E-state index is 12.9. The normalized spacial score (nSPS) is 12.8. The lowest BCUT2D eigenvalue weighted by molar-refractivity contribution is -0.137. The molecule has 186 valence electrons. The Hall–Kier alpha value is -3.11. The van der Waals surface area contributed by atoms with Crippen molar-refractivity contribution in [2.75, 3.05) is 18.8 Å². The standard InChI is InChI=1S/C24H31F3N4O3/c1-14-5-6-16(15(2)9-14)11-29-12-20(23(3,4)34)31-21(32)13-30-22(33)18-10-17(24(25,26)27)7-8-19(18)28/h5-10,20,29,34H,11-13,28H2,1-4H3,(H,30,33)(H,31,32)/t20-/m0/s1. The van der Waals surface area contributed by atoms with E-state index < -0.39 is 41.7 Å². The second kappa shape index (κ2) is 10.9. The highest BCUT2D eigenvalue weighted by molar-refractivity contribution is 6.00. The van der Waals surface area contributed by atoms with Crippen LogP contribution in [0.2, 0.25) is 0 Å². The van der Waals surface area contributed by atoms with E-state index in [0.29, 0.717) is 12.6 Å². The first kappa shape index (κ1) is 27.1. The fraction of sp³-hybridized carbons (Fsp3) is 0.417. The van der Waals surface area contributed by atoms with Gasteiger partial charge in [-0.3, -0.25) is 9.59 Å². The summed E-state index contributed by atoms with van der Waals surface area (Å²) < 4.78 is 38.7. The van der Waals surface area contributed by atoms with Crippen molar-refractivity contribution in [1.29, 1.82) is 0 Å². The fourth-order valence-electron chi connectivity index (χ4n) is 3.30. The number of amides is 2. The van der Waals surface area contributed by atoms with Crippen molar-refractivity contribution < 1.29 is 27.9 Å². The van der Waals surface area contributed by atoms with Gasteiger partial charge in [0.25, 0.3) is 5.91 Å². The zero-order chi connectivity index (χ0) is 25.7. The highest BCUT2D eigenvalue weighted by atomic mass is 19.4. The molecule has 34 heavy (non-hydrogen) atoms. The predicted octanol–water partition coefficient (Wildman–Crippen LogP) is 2.68. The van der Waals surface area contributed by atoms with Crippen LogP contribution < -0.4 is 21.7 Å². The number of hydrogen-bond donors (Lipinski definition) is 5. The molecule has 2 aromatic carbocycles. The molecule has 0 aromatic heterocycles. The van der Waals surface area contributed by atoms with E-state index in [9.17, 15) is 27.9 Å². The molecule has 6 N–H and O–H groups in total. The SMILES string of the molecule is Cc1ccc(CNC[C@H](NC(=O)CNC(=O)c2cc(C(F)(F)F)ccc2N)C(C)(C)O)c(C)c1. The molecule has 0 saturated carbocycles. The summed E-state index contributed by atoms with van der Waals surface area (Å²) in [6.07, 6.45) is -4.63. The summed E-state index contributed by atoms with van der Waals surface area (Å²) in [5.41, 5.74) is 6.16. The lowest BCUT2D eigenvalue weighted by Gasteiger charge is -2.30. The molecule has 0 aliphatic carbocycles. The molecule has 0 saturated heterocycles. The summed E-state index contributed by atoms with van der Waals surface area (Å²) in [5.74, 6) is -1.52. The van der Waals surface area contributed by atoms with Crippen molar-refractivity contribution in [2.45, 2.75) is 52.1 Å². The Balaban J connectivity index is 1.95. The average molecular weight is 481 g/mol. The number of rotatable bonds is 9. The number of nitrogens with one attached hydrogen (secondary N) is 3. The van der Waals surface area contributed by atoms with Gasteiger partial charge in [-0.2, -0.15) is 13.2 Å². The van der Waals surface area contributed by atoms with Crippen molar-refractivity contribution in [3.05, 3.63) is 64.2 Å². The Morgan fingerprint density at radius 1 is 1.09 bits per heavy atom. The van der Waals surface area contributed by atoms with Gasteiger partial charge < -0.3 is 26.8 Å². The van der Waals surface area contributed by atoms with Crippen LogP contribution in [0.1, 0.15) is 46.5 Å². The van der Waals surface area contributed by atoms with Crippen LogP contribution in [0, 0.1) is 13.8 Å². The van der Waals surface area contributed by atoms with Crippen molar-refractivity contribution in [2.24, 2.45) is 0 Å². The molecule has 2 rings (SSSR count). The van der Waals surface area contributed by atoms with Gasteiger partial charge in [-0.25, -0.2) is 0 Å². The molecule has 0 heterocycles. The highest BCUT2D eigenvalue weighted by Crippen LogP contribution is 2.31. The number of hydrogen-bond acceptors (Lipinski definition) is 5. The molecule has 0 radical (unpaired) electrons. The number of halogens is 3. The van der Waals surface area contributed by atoms with Gasteiger partial charge in [0.1, 0.15) is 0 Å². The van der Waals surface area contributed by atoms with Gasteiger partial charge >= 0.3 is 6.18 Å². The fourth-order valence-corrected chi connectivity index (χ4v) is 3.30. The lowest BCUT2D eigenvalue weighted by atomic mass is 9.98. The van der Waals surface area contributed by atoms with Gasteiger partial charge in [0, 0.05) is 18.8 Å². The molecular formula is C24H31F3N4O3. The summed E-state index contributed by atoms with van der Waals surface area (Å²) in [4.78, 5) is 24.7. The maximum absolute atomic E-state index is 12.9. The highest BCUT2D eigenvalue weighted by Gasteiger charge is 2.32. The molecular weight excluding hydrogens is 449 g/mol. The first-order valence-corrected chi connectivity index (χ1v) is 10.7. The zero-order valence-corrected chi connectivity index (χ0v) is 19.6. The molecule has 7 nitrogen and oxygen atoms in total. The largest absolute Gasteiger partial charge is 0.416 e. The lowest BCUT2D eigenvalue weighted by Crippen LogP contribution is -2.55. The third-order valence-corrected chi connectivity index (χ3v) is 5.38. The van der Waals surface area contributed by atoms with Gasteiger partial charge in [-0.1, -0.05) is 23.8 Å². The molecule has 2 aromatic rings. The van der Waals surface area contributed by atoms with Crippen molar-refractivity contribution in [3.8, 4) is 0 Å². The quantitative estimate of drug-likeness (QED) is 0.354. The van der Waals surface area contributed by atoms with E-state index in [1.807, 2.05) is 26.0 Å². The number of carbonyl (C=O) groups excluding carboxylic acids is 2. The van der Waals surface area contributed by atoms with E-state index in [1.54, 1.807) is 13.8 Å². The molecule has 0 fully saturated rings. The summed E-state index contributed by atoms with van der Waals surface area (Å²) in [5, 5.41) is 18.6. The molecule has 0 unspecified atom stereocenters. The number of aryl methyl sites for hydroxylation is 2. The van der Waals surface area contributed by atoms with E-state index in [-0.39, 0.29) is 17.8 Å². The monoisotopic (exact) mass is 480 g/mol. The van der Waals surface area contributed by atoms with Crippen LogP contribution in [0.4, 0.5) is 18.9 Å². The van der Waals surface area contributed by atoms with E-state index in [4.69, 9.17) is 5.73 Å². The van der Waals surface area contributed by atoms with E-state index in [1.165, 1.54) is 0 Å². The Kier molecular flexibility index (Phi) is 8.68. The van der Waals surface area contributed by atoms with Gasteiger partial charge in [0.05, 0.1) is 29.3 Å². The summed E-state index contributed by atoms with van der Waals surface area (Å²) in [7, 11) is 0. The summed E-state index contributed by atoms with van der Waals surface area (Å²) >= 11 is 0. The molecule has 1 atom stereocenters. The summed E-state index contributed by atoms with van der Waals surface area (Å²) in [6.45, 7) is 7.36. The number of nitrogens with two attached hydrogens (primary N) is 1. The third kappa shape index (κ3) is 7.74. The predicted molar refractivity (Wildman–Crippen MR) is 124 cm³/mol. The first-order chi connectivity index (χ1) is 15.7. The number of aliphatic hydroxyl groups is 1. The van der Waals surface area contributed by atoms with Crippen LogP contribution in [0.25, 0.3) is 0 Å². The van der Waals surface area contributed by atoms with Gasteiger partial charge in [-0.15, -0.1) is 0 Å². The van der Waals surface area contributed by atoms with E-state index in [0.717, 1.165) is 28.8 Å². The Labute approximate surface area is 196 Å². The first-order valence-electron chi connectivity index (χ1n) is 10.7. The number of alkyl halides is 3. The molecule has 0 bridgehead atoms. The second-order valence-electron chi connectivity index (χ2n) is 8.82. The molecule has 0 aliphatic heterocycles. The van der Waals surface area contributed by atoms with Crippen LogP contribution >= 0.6 is 0 Å². The molecule has 0 spiro atoms. The van der Waals surface area contributed by atoms with Gasteiger partial charge in [0.15, 0.2) is 0 Å². The molecule has 10 heteroatoms. The van der Waals surface area contributed by atoms with Crippen molar-refractivity contribution in [3.63, 3.8) is 0 Å². The Morgan fingerprint density at radius 3 is 2.35 bits per heavy atom. The topological polar surface area (TPSA) is 116 Å². The minimum Gasteiger partial charge on any atom is -0.398 e. The van der Waals surface area contributed by atoms with E-state index in [2.05, 4.69) is 22.0 Å². The van der Waals surface area contributed by atoms with Crippen LogP contribution in [-0.2, 0) is 17.5 Å². The number of nitrogen functional groups attached to an aromatic ring is 1. The van der Waals surface area contributed by atoms with Crippen LogP contribution in [-0.4, -0.2) is 41.7 Å². The van der Waals surface area contributed by atoms with Crippen molar-refractivity contribution in [1.82, 2.24) is 16.0 Å².